The molecule has 0 spiro atoms. The molecule has 0 saturated carbocycles. The number of hydrogen-bond acceptors (Lipinski definition) is 6. The smallest absolute Gasteiger partial charge is 0.238 e. The number of carbonyl (C=O) groups excluding carboxylic acids is 1. The van der Waals surface area contributed by atoms with Crippen LogP contribution in [0.15, 0.2) is 35.4 Å². The maximum atomic E-state index is 12.3. The van der Waals surface area contributed by atoms with Crippen molar-refractivity contribution < 1.29 is 14.5 Å². The zero-order valence-electron chi connectivity index (χ0n) is 19.4. The normalized spacial score (nSPS) is 14.0. The summed E-state index contributed by atoms with van der Waals surface area (Å²) in [5.74, 6) is 2.70. The highest BCUT2D eigenvalue weighted by Crippen LogP contribution is 2.15. The average molecular weight is 440 g/mol. The second kappa shape index (κ2) is 12.1. The van der Waals surface area contributed by atoms with Gasteiger partial charge in [-0.15, -0.1) is 0 Å². The van der Waals surface area contributed by atoms with Crippen LogP contribution in [-0.2, 0) is 16.0 Å². The Kier molecular flexibility index (Phi) is 8.98. The van der Waals surface area contributed by atoms with Gasteiger partial charge in [0.05, 0.1) is 38.6 Å². The van der Waals surface area contributed by atoms with Crippen LogP contribution < -0.4 is 15.3 Å². The second-order valence-corrected chi connectivity index (χ2v) is 7.90. The minimum Gasteiger partial charge on any atom is -0.375 e. The maximum absolute atomic E-state index is 12.3. The molecule has 1 fully saturated rings. The third kappa shape index (κ3) is 7.02. The van der Waals surface area contributed by atoms with E-state index >= 15 is 0 Å². The number of rotatable bonds is 10. The Labute approximate surface area is 190 Å². The van der Waals surface area contributed by atoms with E-state index < -0.39 is 0 Å². The van der Waals surface area contributed by atoms with Gasteiger partial charge in [0.1, 0.15) is 0 Å². The molecule has 2 N–H and O–H groups in total. The summed E-state index contributed by atoms with van der Waals surface area (Å²) in [5.41, 5.74) is 5.30. The molecule has 32 heavy (non-hydrogen) atoms. The summed E-state index contributed by atoms with van der Waals surface area (Å²) in [6, 6.07) is 10.1. The van der Waals surface area contributed by atoms with E-state index in [-0.39, 0.29) is 5.91 Å². The molecule has 1 aromatic carbocycles. The lowest BCUT2D eigenvalue weighted by Gasteiger charge is -2.23. The number of anilines is 2. The predicted molar refractivity (Wildman–Crippen MR) is 127 cm³/mol. The number of hydrogen-bond donors (Lipinski definition) is 1. The number of aromatic nitrogens is 2. The monoisotopic (exact) mass is 439 g/mol. The van der Waals surface area contributed by atoms with Crippen molar-refractivity contribution in [1.82, 2.24) is 9.88 Å². The molecule has 1 amide bonds. The van der Waals surface area contributed by atoms with Gasteiger partial charge in [0.2, 0.25) is 23.4 Å². The molecule has 3 rings (SSSR count). The zero-order chi connectivity index (χ0) is 22.8. The third-order valence-electron chi connectivity index (χ3n) is 5.51. The van der Waals surface area contributed by atoms with Crippen LogP contribution in [0.5, 0.6) is 0 Å². The van der Waals surface area contributed by atoms with Gasteiger partial charge in [0.15, 0.2) is 0 Å². The minimum atomic E-state index is 0.195. The SMILES string of the molecule is CCN(CC)C(=O)CCCc1nc(N/N=C/c2cccc(C)c2)cc(N2CCOCC2)[nH+]1. The maximum Gasteiger partial charge on any atom is 0.238 e. The summed E-state index contributed by atoms with van der Waals surface area (Å²) >= 11 is 0. The van der Waals surface area contributed by atoms with Gasteiger partial charge in [0.25, 0.3) is 0 Å². The van der Waals surface area contributed by atoms with Gasteiger partial charge in [-0.25, -0.2) is 10.4 Å². The van der Waals surface area contributed by atoms with Crippen LogP contribution in [0.25, 0.3) is 0 Å². The molecule has 0 radical (unpaired) electrons. The van der Waals surface area contributed by atoms with Crippen molar-refractivity contribution in [2.75, 3.05) is 49.7 Å². The lowest BCUT2D eigenvalue weighted by atomic mass is 10.2. The number of aryl methyl sites for hydroxylation is 2. The summed E-state index contributed by atoms with van der Waals surface area (Å²) in [6.45, 7) is 10.6. The molecule has 0 aliphatic carbocycles. The molecule has 1 aliphatic rings. The Morgan fingerprint density at radius 2 is 2.06 bits per heavy atom. The van der Waals surface area contributed by atoms with Crippen LogP contribution in [0.1, 0.15) is 43.6 Å². The Bertz CT molecular complexity index is 907. The van der Waals surface area contributed by atoms with Gasteiger partial charge in [-0.3, -0.25) is 9.69 Å². The van der Waals surface area contributed by atoms with Crippen molar-refractivity contribution >= 4 is 23.8 Å². The molecule has 8 heteroatoms. The first-order valence-corrected chi connectivity index (χ1v) is 11.5. The molecule has 1 saturated heterocycles. The van der Waals surface area contributed by atoms with E-state index in [4.69, 9.17) is 9.72 Å². The van der Waals surface area contributed by atoms with Gasteiger partial charge in [-0.05, 0) is 32.8 Å². The third-order valence-corrected chi connectivity index (χ3v) is 5.51. The summed E-state index contributed by atoms with van der Waals surface area (Å²) in [6.07, 6.45) is 3.76. The quantitative estimate of drug-likeness (QED) is 0.455. The molecular weight excluding hydrogens is 404 g/mol. The van der Waals surface area contributed by atoms with Crippen LogP contribution in [0.4, 0.5) is 11.6 Å². The number of nitrogens with one attached hydrogen (secondary N) is 2. The number of carbonyl (C=O) groups is 1. The Balaban J connectivity index is 1.70. The van der Waals surface area contributed by atoms with Crippen molar-refractivity contribution in [2.24, 2.45) is 5.10 Å². The van der Waals surface area contributed by atoms with Crippen LogP contribution in [0, 0.1) is 6.92 Å². The fourth-order valence-electron chi connectivity index (χ4n) is 3.73. The minimum absolute atomic E-state index is 0.195. The lowest BCUT2D eigenvalue weighted by Crippen LogP contribution is -2.40. The van der Waals surface area contributed by atoms with E-state index in [9.17, 15) is 4.79 Å². The lowest BCUT2D eigenvalue weighted by molar-refractivity contribution is -0.382. The van der Waals surface area contributed by atoms with E-state index in [0.29, 0.717) is 31.9 Å². The number of aromatic amines is 1. The van der Waals surface area contributed by atoms with Crippen LogP contribution in [0.2, 0.25) is 0 Å². The van der Waals surface area contributed by atoms with Crippen molar-refractivity contribution in [1.29, 1.82) is 0 Å². The molecule has 2 heterocycles. The molecule has 2 aromatic rings. The van der Waals surface area contributed by atoms with Crippen LogP contribution in [-0.4, -0.2) is 61.4 Å². The van der Waals surface area contributed by atoms with Crippen LogP contribution >= 0.6 is 0 Å². The van der Waals surface area contributed by atoms with Gasteiger partial charge >= 0.3 is 0 Å². The average Bonchev–Trinajstić information content (AvgIpc) is 2.80. The van der Waals surface area contributed by atoms with E-state index in [0.717, 1.165) is 49.8 Å². The summed E-state index contributed by atoms with van der Waals surface area (Å²) in [5, 5.41) is 4.38. The first-order valence-electron chi connectivity index (χ1n) is 11.5. The fourth-order valence-corrected chi connectivity index (χ4v) is 3.73. The Morgan fingerprint density at radius 1 is 1.28 bits per heavy atom. The predicted octanol–water partition coefficient (Wildman–Crippen LogP) is 2.68. The first-order chi connectivity index (χ1) is 15.6. The number of ether oxygens (including phenoxy) is 1. The number of H-pyrrole nitrogens is 1. The molecular formula is C24H35N6O2+. The number of benzene rings is 1. The van der Waals surface area contributed by atoms with E-state index in [2.05, 4.69) is 39.5 Å². The van der Waals surface area contributed by atoms with E-state index in [1.54, 1.807) is 6.21 Å². The topological polar surface area (TPSA) is 84.2 Å². The molecule has 172 valence electrons. The van der Waals surface area contributed by atoms with Crippen LogP contribution in [0.3, 0.4) is 0 Å². The molecule has 1 aromatic heterocycles. The fraction of sp³-hybridized carbons (Fsp3) is 0.500. The van der Waals surface area contributed by atoms with Crippen molar-refractivity contribution in [3.8, 4) is 0 Å². The largest absolute Gasteiger partial charge is 0.375 e. The second-order valence-electron chi connectivity index (χ2n) is 7.90. The van der Waals surface area contributed by atoms with E-state index in [1.165, 1.54) is 5.56 Å². The molecule has 8 nitrogen and oxygen atoms in total. The Morgan fingerprint density at radius 3 is 2.78 bits per heavy atom. The van der Waals surface area contributed by atoms with Crippen molar-refractivity contribution in [2.45, 2.75) is 40.0 Å². The molecule has 1 aliphatic heterocycles. The summed E-state index contributed by atoms with van der Waals surface area (Å²) < 4.78 is 5.49. The van der Waals surface area contributed by atoms with Crippen molar-refractivity contribution in [3.63, 3.8) is 0 Å². The Hall–Kier alpha value is -3.00. The zero-order valence-corrected chi connectivity index (χ0v) is 19.4. The number of morpholine rings is 1. The summed E-state index contributed by atoms with van der Waals surface area (Å²) in [7, 11) is 0. The standard InChI is InChI=1S/C24H34N6O2/c1-4-29(5-2)24(31)11-7-10-21-26-22(17-23(27-21)30-12-14-32-15-13-30)28-25-18-20-9-6-8-19(3)16-20/h6,8-9,16-18H,4-5,7,10-15H2,1-3H3,(H,26,27,28)/p+1/b25-18+. The van der Waals surface area contributed by atoms with Gasteiger partial charge in [-0.2, -0.15) is 5.10 Å². The highest BCUT2D eigenvalue weighted by Gasteiger charge is 2.20. The van der Waals surface area contributed by atoms with Crippen molar-refractivity contribution in [3.05, 3.63) is 47.3 Å². The molecule has 0 atom stereocenters. The molecule has 0 unspecified atom stereocenters. The number of nitrogens with zero attached hydrogens (tertiary/aromatic N) is 4. The summed E-state index contributed by atoms with van der Waals surface area (Å²) in [4.78, 5) is 24.6. The van der Waals surface area contributed by atoms with Gasteiger partial charge < -0.3 is 9.64 Å². The molecule has 0 bridgehead atoms. The van der Waals surface area contributed by atoms with Gasteiger partial charge in [-0.1, -0.05) is 34.8 Å². The van der Waals surface area contributed by atoms with E-state index in [1.807, 2.05) is 36.9 Å². The highest BCUT2D eigenvalue weighted by molar-refractivity contribution is 5.80. The van der Waals surface area contributed by atoms with Gasteiger partial charge in [0, 0.05) is 25.9 Å². The highest BCUT2D eigenvalue weighted by atomic mass is 16.5. The first kappa shape index (κ1) is 23.7. The number of hydrazone groups is 1. The number of amides is 1.